The van der Waals surface area contributed by atoms with Gasteiger partial charge < -0.3 is 28.4 Å². The molecule has 10 nitrogen and oxygen atoms in total. The maximum atomic E-state index is 14.0. The van der Waals surface area contributed by atoms with Gasteiger partial charge in [-0.15, -0.1) is 0 Å². The molecule has 0 aliphatic rings. The lowest BCUT2D eigenvalue weighted by Crippen LogP contribution is -2.33. The van der Waals surface area contributed by atoms with Crippen molar-refractivity contribution >= 4 is 23.9 Å². The third-order valence-corrected chi connectivity index (χ3v) is 19.6. The molecular formula is C92H108F6O10. The lowest BCUT2D eigenvalue weighted by Gasteiger charge is -2.20. The summed E-state index contributed by atoms with van der Waals surface area (Å²) in [5, 5.41) is 0. The van der Waals surface area contributed by atoms with Crippen molar-refractivity contribution < 1.29 is 73.9 Å². The molecule has 0 saturated carbocycles. The molecule has 0 aromatic heterocycles. The van der Waals surface area contributed by atoms with Crippen molar-refractivity contribution in [3.63, 3.8) is 0 Å². The molecule has 0 N–H and O–H groups in total. The molecule has 0 radical (unpaired) electrons. The number of benzene rings is 8. The Morgan fingerprint density at radius 1 is 0.269 bits per heavy atom. The summed E-state index contributed by atoms with van der Waals surface area (Å²) in [4.78, 5) is 51.7. The van der Waals surface area contributed by atoms with E-state index in [1.54, 1.807) is 24.3 Å². The minimum absolute atomic E-state index is 0.0833. The normalized spacial score (nSPS) is 12.1. The fourth-order valence-electron chi connectivity index (χ4n) is 13.0. The number of ether oxygens (including phenoxy) is 6. The molecule has 8 rings (SSSR count). The van der Waals surface area contributed by atoms with Crippen molar-refractivity contribution in [2.75, 3.05) is 13.2 Å². The van der Waals surface area contributed by atoms with E-state index in [4.69, 9.17) is 28.4 Å². The number of esters is 4. The van der Waals surface area contributed by atoms with Crippen molar-refractivity contribution in [3.8, 4) is 56.4 Å². The van der Waals surface area contributed by atoms with Gasteiger partial charge in [-0.1, -0.05) is 252 Å². The highest BCUT2D eigenvalue weighted by Gasteiger charge is 2.43. The molecule has 0 amide bonds. The predicted molar refractivity (Wildman–Crippen MR) is 417 cm³/mol. The SMILES string of the molecule is CCCCCCCCOc1ccc(-c2ccc(C(=O)Oc3ccc(C(=O)O[C@@H](CCCCCCCCCCc4ccc(-c5ccc(CCCCCCCCCC[C@H](OC(=O)c6ccc(OC(=O)c7ccc(-c8ccc(OCCCCCCCC)cc8)cc7)cc6)C(F)(F)F)cc5)cc4)C(F)(F)F)cc3)cc2)cc1. The molecule has 2 atom stereocenters. The molecular weight excluding hydrogens is 1380 g/mol. The summed E-state index contributed by atoms with van der Waals surface area (Å²) >= 11 is 0. The summed E-state index contributed by atoms with van der Waals surface area (Å²) in [5.74, 6) is -1.57. The lowest BCUT2D eigenvalue weighted by molar-refractivity contribution is -0.206. The van der Waals surface area contributed by atoms with Gasteiger partial charge >= 0.3 is 36.2 Å². The number of halogens is 6. The fourth-order valence-corrected chi connectivity index (χ4v) is 13.0. The average Bonchev–Trinajstić information content (AvgIpc) is 0.855. The van der Waals surface area contributed by atoms with Crippen LogP contribution in [0.4, 0.5) is 26.3 Å². The molecule has 0 fully saturated rings. The van der Waals surface area contributed by atoms with Gasteiger partial charge in [0.15, 0.2) is 12.2 Å². The number of aryl methyl sites for hydroxylation is 2. The Morgan fingerprint density at radius 3 is 0.796 bits per heavy atom. The van der Waals surface area contributed by atoms with E-state index in [0.29, 0.717) is 37.2 Å². The number of hydrogen-bond acceptors (Lipinski definition) is 10. The molecule has 0 aliphatic heterocycles. The van der Waals surface area contributed by atoms with Crippen molar-refractivity contribution in [1.29, 1.82) is 0 Å². The summed E-state index contributed by atoms with van der Waals surface area (Å²) < 4.78 is 117. The summed E-state index contributed by atoms with van der Waals surface area (Å²) in [5.41, 5.74) is 9.03. The topological polar surface area (TPSA) is 124 Å². The van der Waals surface area contributed by atoms with E-state index in [-0.39, 0.29) is 48.3 Å². The molecule has 0 unspecified atom stereocenters. The Kier molecular flexibility index (Phi) is 36.2. The second-order valence-electron chi connectivity index (χ2n) is 28.3. The molecule has 578 valence electrons. The van der Waals surface area contributed by atoms with Gasteiger partial charge in [0.05, 0.1) is 35.5 Å². The highest BCUT2D eigenvalue weighted by Crippen LogP contribution is 2.33. The van der Waals surface area contributed by atoms with E-state index >= 15 is 0 Å². The van der Waals surface area contributed by atoms with Crippen LogP contribution in [0.3, 0.4) is 0 Å². The molecule has 108 heavy (non-hydrogen) atoms. The van der Waals surface area contributed by atoms with E-state index < -0.39 is 48.4 Å². The fraction of sp³-hybridized carbons (Fsp3) is 0.435. The van der Waals surface area contributed by atoms with Crippen LogP contribution < -0.4 is 18.9 Å². The zero-order valence-electron chi connectivity index (χ0n) is 63.0. The summed E-state index contributed by atoms with van der Waals surface area (Å²) in [7, 11) is 0. The average molecular weight is 1490 g/mol. The Hall–Kier alpha value is -9.18. The van der Waals surface area contributed by atoms with E-state index in [2.05, 4.69) is 62.4 Å². The van der Waals surface area contributed by atoms with Crippen LogP contribution in [0.1, 0.15) is 259 Å². The molecule has 0 aliphatic carbocycles. The van der Waals surface area contributed by atoms with E-state index in [0.717, 1.165) is 160 Å². The van der Waals surface area contributed by atoms with Crippen molar-refractivity contribution in [1.82, 2.24) is 0 Å². The van der Waals surface area contributed by atoms with E-state index in [1.165, 1.54) is 111 Å². The van der Waals surface area contributed by atoms with Crippen molar-refractivity contribution in [2.45, 2.75) is 244 Å². The van der Waals surface area contributed by atoms with Crippen LogP contribution in [0.15, 0.2) is 194 Å². The van der Waals surface area contributed by atoms with Gasteiger partial charge in [0.2, 0.25) is 0 Å². The molecule has 0 saturated heterocycles. The maximum Gasteiger partial charge on any atom is 0.425 e. The first-order valence-electron chi connectivity index (χ1n) is 39.5. The highest BCUT2D eigenvalue weighted by molar-refractivity contribution is 5.94. The van der Waals surface area contributed by atoms with Crippen LogP contribution in [0.5, 0.6) is 23.0 Å². The molecule has 8 aromatic carbocycles. The van der Waals surface area contributed by atoms with Crippen LogP contribution in [-0.2, 0) is 22.3 Å². The second kappa shape index (κ2) is 46.2. The quantitative estimate of drug-likeness (QED) is 0.0158. The third-order valence-electron chi connectivity index (χ3n) is 19.6. The molecule has 8 aromatic rings. The number of carbonyl (C=O) groups excluding carboxylic acids is 4. The standard InChI is InChI=1S/C92H108F6O10/c1-3-5-7-9-23-29-67-103-81-59-51-75(52-60-81)73-43-47-77(48-44-73)87(99)105-83-63-55-79(56-64-83)89(101)107-85(91(93,94)95)33-27-21-17-13-11-15-19-25-31-69-35-39-71(40-36-69)72-41-37-70(38-42-72)32-26-20-16-12-14-18-22-28-34-86(92(96,97)98)108-90(102)80-57-65-84(66-58-80)106-88(100)78-49-45-74(46-50-78)76-53-61-82(62-54-76)104-68-30-24-10-8-6-4-2/h35-66,85-86H,3-34,67-68H2,1-2H3/t85-,86-/m0/s1. The van der Waals surface area contributed by atoms with Gasteiger partial charge in [0, 0.05) is 0 Å². The number of carbonyl (C=O) groups is 4. The van der Waals surface area contributed by atoms with Gasteiger partial charge in [0.25, 0.3) is 0 Å². The van der Waals surface area contributed by atoms with Crippen LogP contribution in [0.2, 0.25) is 0 Å². The molecule has 0 bridgehead atoms. The summed E-state index contributed by atoms with van der Waals surface area (Å²) in [6, 6.07) is 57.4. The maximum absolute atomic E-state index is 14.0. The van der Waals surface area contributed by atoms with Crippen molar-refractivity contribution in [2.24, 2.45) is 0 Å². The first-order chi connectivity index (χ1) is 52.4. The lowest BCUT2D eigenvalue weighted by atomic mass is 9.98. The number of rotatable bonds is 49. The van der Waals surface area contributed by atoms with Gasteiger partial charge in [-0.25, -0.2) is 19.2 Å². The minimum Gasteiger partial charge on any atom is -0.494 e. The highest BCUT2D eigenvalue weighted by atomic mass is 19.4. The summed E-state index contributed by atoms with van der Waals surface area (Å²) in [6.07, 6.45) is 15.2. The van der Waals surface area contributed by atoms with Crippen LogP contribution in [0, 0.1) is 0 Å². The van der Waals surface area contributed by atoms with Crippen molar-refractivity contribution in [3.05, 3.63) is 228 Å². The van der Waals surface area contributed by atoms with Gasteiger partial charge in [-0.2, -0.15) is 26.3 Å². The van der Waals surface area contributed by atoms with Gasteiger partial charge in [-0.05, 0) is 206 Å². The Labute approximate surface area is 635 Å². The zero-order chi connectivity index (χ0) is 76.6. The second-order valence-corrected chi connectivity index (χ2v) is 28.3. The number of alkyl halides is 6. The first kappa shape index (κ1) is 84.4. The van der Waals surface area contributed by atoms with Crippen LogP contribution in [0.25, 0.3) is 33.4 Å². The van der Waals surface area contributed by atoms with Crippen LogP contribution >= 0.6 is 0 Å². The van der Waals surface area contributed by atoms with E-state index in [1.807, 2.05) is 72.8 Å². The Balaban J connectivity index is 0.614. The Morgan fingerprint density at radius 2 is 0.500 bits per heavy atom. The van der Waals surface area contributed by atoms with Gasteiger partial charge in [0.1, 0.15) is 23.0 Å². The predicted octanol–water partition coefficient (Wildman–Crippen LogP) is 26.3. The monoisotopic (exact) mass is 1490 g/mol. The number of hydrogen-bond donors (Lipinski definition) is 0. The summed E-state index contributed by atoms with van der Waals surface area (Å²) in [6.45, 7) is 5.78. The third kappa shape index (κ3) is 30.5. The minimum atomic E-state index is -4.72. The van der Waals surface area contributed by atoms with Crippen LogP contribution in [-0.4, -0.2) is 61.7 Å². The zero-order valence-corrected chi connectivity index (χ0v) is 63.0. The first-order valence-corrected chi connectivity index (χ1v) is 39.5. The van der Waals surface area contributed by atoms with E-state index in [9.17, 15) is 45.5 Å². The molecule has 16 heteroatoms. The largest absolute Gasteiger partial charge is 0.494 e. The smallest absolute Gasteiger partial charge is 0.425 e. The Bertz CT molecular complexity index is 3620. The molecule has 0 heterocycles. The van der Waals surface area contributed by atoms with Gasteiger partial charge in [-0.3, -0.25) is 0 Å². The number of unbranched alkanes of at least 4 members (excludes halogenated alkanes) is 24. The molecule has 0 spiro atoms.